The Morgan fingerprint density at radius 2 is 0.295 bits per heavy atom. The number of hydrogen-bond acceptors (Lipinski definition) is 1. The SMILES string of the molecule is [B]=S=S=S=S=S=S=S=S=S=S=S=S=S=S=S=S=S=S=S=S=S=S=S=S=S=S=S=S=S=S=S=S=S=S=S=S=S=S=S=S=S=S=S. The minimum absolute atomic E-state index is 1.29. The summed E-state index contributed by atoms with van der Waals surface area (Å²) in [6, 6.07) is 0. The van der Waals surface area contributed by atoms with Gasteiger partial charge in [-0.25, -0.2) is 0 Å². The van der Waals surface area contributed by atoms with E-state index < -0.39 is 0 Å². The molecule has 0 heterocycles. The Kier molecular flexibility index (Phi) is 63.9. The molecule has 0 amide bonds. The molecule has 0 aliphatic rings. The third kappa shape index (κ3) is 51.5. The van der Waals surface area contributed by atoms with Gasteiger partial charge in [-0.05, 0) is 0 Å². The van der Waals surface area contributed by atoms with Crippen molar-refractivity contribution >= 4 is 392 Å². The van der Waals surface area contributed by atoms with Gasteiger partial charge in [-0.1, -0.05) is 0 Å². The molecule has 0 saturated carbocycles. The third-order valence-corrected chi connectivity index (χ3v) is 91.1. The van der Waals surface area contributed by atoms with Crippen molar-refractivity contribution in [1.29, 1.82) is 0 Å². The Morgan fingerprint density at radius 1 is 0.182 bits per heavy atom. The second kappa shape index (κ2) is 52.5. The summed E-state index contributed by atoms with van der Waals surface area (Å²) in [5.74, 6) is 0. The van der Waals surface area contributed by atoms with Crippen molar-refractivity contribution in [3.63, 3.8) is 0 Å². The van der Waals surface area contributed by atoms with Crippen LogP contribution < -0.4 is 0 Å². The molecule has 1 radical (unpaired) electrons. The van der Waals surface area contributed by atoms with Gasteiger partial charge in [0.15, 0.2) is 0 Å². The number of hydrogen-bond donors (Lipinski definition) is 0. The molecule has 0 bridgehead atoms. The molecule has 44 heteroatoms. The molecule has 0 aromatic heterocycles. The van der Waals surface area contributed by atoms with Crippen LogP contribution in [0, 0.1) is 0 Å². The maximum atomic E-state index is 5.35. The standard InChI is InChI=1S/BS43/c1-3-5-7-9-11-13-15-17-19-21-23-25-27-29-31-33-35-37-39-41-43-44-42-40-38-36-34-32-30-28-26-24-22-20-18-16-14-12-10-8-6-4-2. The first-order valence-electron chi connectivity index (χ1n) is 7.24. The van der Waals surface area contributed by atoms with Gasteiger partial charge in [-0.3, -0.25) is 0 Å². The summed E-state index contributed by atoms with van der Waals surface area (Å²) < 4.78 is 0. The zero-order valence-electron chi connectivity index (χ0n) is 18.1. The molecule has 0 fully saturated rings. The van der Waals surface area contributed by atoms with E-state index in [9.17, 15) is 0 Å². The van der Waals surface area contributed by atoms with Crippen LogP contribution >= 0.6 is 0 Å². The predicted molar refractivity (Wildman–Crippen MR) is 322 cm³/mol. The topological polar surface area (TPSA) is 0 Å². The predicted octanol–water partition coefficient (Wildman–Crippen LogP) is -0.484. The van der Waals surface area contributed by atoms with Gasteiger partial charge >= 0.3 is 114 Å². The molecule has 261 valence electrons. The molecule has 0 nitrogen and oxygen atoms in total. The second-order valence-corrected chi connectivity index (χ2v) is 76.2. The van der Waals surface area contributed by atoms with Crippen LogP contribution in [0.3, 0.4) is 0 Å². The van der Waals surface area contributed by atoms with Crippen molar-refractivity contribution in [2.45, 2.75) is 0 Å². The second-order valence-electron chi connectivity index (χ2n) is 2.89. The van der Waals surface area contributed by atoms with Crippen molar-refractivity contribution in [3.8, 4) is 0 Å². The summed E-state index contributed by atoms with van der Waals surface area (Å²) in [5.41, 5.74) is 0. The molecule has 0 aromatic rings. The first kappa shape index (κ1) is 53.5. The number of rotatable bonds is 0. The molecule has 44 heavy (non-hydrogen) atoms. The monoisotopic (exact) mass is 1390 g/mol. The molecule has 0 saturated heterocycles. The Hall–Kier alpha value is 9.52. The average molecular weight is 1390 g/mol. The van der Waals surface area contributed by atoms with E-state index in [4.69, 9.17) is 17.9 Å². The molecule has 0 rings (SSSR count). The van der Waals surface area contributed by atoms with E-state index >= 15 is 0 Å². The normalized spacial score (nSPS) is 7.70. The Balaban J connectivity index is 6.05. The molecular formula is BS43. The molecule has 0 N–H and O–H groups in total. The fourth-order valence-corrected chi connectivity index (χ4v) is 109. The van der Waals surface area contributed by atoms with Crippen molar-refractivity contribution in [3.05, 3.63) is 0 Å². The van der Waals surface area contributed by atoms with E-state index in [1.54, 1.807) is 115 Å². The molecule has 0 aliphatic heterocycles. The zero-order chi connectivity index (χ0) is 31.7. The van der Waals surface area contributed by atoms with Crippen LogP contribution in [-0.4, -0.2) is 6.72 Å². The van der Waals surface area contributed by atoms with Crippen molar-refractivity contribution in [2.24, 2.45) is 0 Å². The quantitative estimate of drug-likeness (QED) is 0.296. The van der Waals surface area contributed by atoms with Crippen LogP contribution in [0.15, 0.2) is 0 Å². The van der Waals surface area contributed by atoms with Gasteiger partial charge in [-0.2, -0.15) is 0 Å². The first-order valence-corrected chi connectivity index (χ1v) is 63.7. The third-order valence-electron chi connectivity index (χ3n) is 1.15. The van der Waals surface area contributed by atoms with E-state index in [0.29, 0.717) is 0 Å². The molecule has 0 unspecified atom stereocenters. The summed E-state index contributed by atoms with van der Waals surface area (Å²) in [5, 5.41) is 0. The average Bonchev–Trinajstić information content (AvgIpc) is 3.04. The first-order chi connectivity index (χ1) is 21.9. The van der Waals surface area contributed by atoms with E-state index in [0.717, 1.165) is 0 Å². The van der Waals surface area contributed by atoms with Gasteiger partial charge in [-0.15, -0.1) is 0 Å². The van der Waals surface area contributed by atoms with Gasteiger partial charge in [0.2, 0.25) is 0 Å². The van der Waals surface area contributed by atoms with Crippen LogP contribution in [0.5, 0.6) is 0 Å². The van der Waals surface area contributed by atoms with E-state index in [-0.39, 0.29) is 0 Å². The van der Waals surface area contributed by atoms with Gasteiger partial charge in [0.1, 0.15) is 0 Å². The van der Waals surface area contributed by atoms with Crippen LogP contribution in [0.25, 0.3) is 0 Å². The molecule has 0 spiro atoms. The van der Waals surface area contributed by atoms with Gasteiger partial charge in [0, 0.05) is 278 Å². The van der Waals surface area contributed by atoms with E-state index in [1.165, 1.54) is 18.6 Å². The fourth-order valence-electron chi connectivity index (χ4n) is 0.458. The van der Waals surface area contributed by atoms with Crippen LogP contribution in [0.4, 0.5) is 0 Å². The summed E-state index contributed by atoms with van der Waals surface area (Å²) in [6.45, 7) is 5.35. The summed E-state index contributed by atoms with van der Waals surface area (Å²) >= 11 is 4.81. The van der Waals surface area contributed by atoms with Crippen LogP contribution in [-0.2, 0) is 385 Å². The van der Waals surface area contributed by atoms with E-state index in [1.807, 2.05) is 240 Å². The van der Waals surface area contributed by atoms with Crippen molar-refractivity contribution in [2.75, 3.05) is 0 Å². The molecule has 0 aliphatic carbocycles. The van der Waals surface area contributed by atoms with Crippen LogP contribution in [0.2, 0.25) is 0 Å². The fraction of sp³-hybridized carbons (Fsp3) is 0. The summed E-state index contributed by atoms with van der Waals surface area (Å²) in [6.07, 6.45) is 0. The van der Waals surface area contributed by atoms with E-state index in [2.05, 4.69) is 0 Å². The minimum atomic E-state index is 1.29. The zero-order valence-corrected chi connectivity index (χ0v) is 53.2. The minimum Gasteiger partial charge on any atom is 0 e. The van der Waals surface area contributed by atoms with Gasteiger partial charge in [0.05, 0.1) is 0 Å². The van der Waals surface area contributed by atoms with Crippen molar-refractivity contribution in [1.82, 2.24) is 0 Å². The molecule has 0 aromatic carbocycles. The summed E-state index contributed by atoms with van der Waals surface area (Å²) in [7, 11) is 74.5. The maximum absolute atomic E-state index is 5.35. The Bertz CT molecular complexity index is 2720. The summed E-state index contributed by atoms with van der Waals surface area (Å²) in [4.78, 5) is 0. The van der Waals surface area contributed by atoms with Gasteiger partial charge < -0.3 is 0 Å². The van der Waals surface area contributed by atoms with Crippen molar-refractivity contribution < 1.29 is 0 Å². The smallest absolute Gasteiger partial charge is 0 e. The Labute approximate surface area is 380 Å². The molecular weight excluding hydrogens is 1390 g/mol. The van der Waals surface area contributed by atoms with Crippen LogP contribution in [0.1, 0.15) is 0 Å². The van der Waals surface area contributed by atoms with Gasteiger partial charge in [0.25, 0.3) is 0 Å². The molecule has 0 atom stereocenters. The Morgan fingerprint density at radius 3 is 0.409 bits per heavy atom.